The summed E-state index contributed by atoms with van der Waals surface area (Å²) in [7, 11) is 1.55. The molecule has 1 aliphatic carbocycles. The zero-order valence-electron chi connectivity index (χ0n) is 10.2. The Hall–Kier alpha value is -1.57. The third kappa shape index (κ3) is 2.96. The summed E-state index contributed by atoms with van der Waals surface area (Å²) >= 11 is 0. The summed E-state index contributed by atoms with van der Waals surface area (Å²) in [5.74, 6) is 0.607. The van der Waals surface area contributed by atoms with Crippen molar-refractivity contribution >= 4 is 5.78 Å². The number of carbonyl (C=O) groups excluding carboxylic acids is 1. The van der Waals surface area contributed by atoms with E-state index in [-0.39, 0.29) is 5.78 Å². The number of carbonyl (C=O) groups is 1. The van der Waals surface area contributed by atoms with Crippen molar-refractivity contribution in [3.05, 3.63) is 47.3 Å². The van der Waals surface area contributed by atoms with Crippen LogP contribution in [0.2, 0.25) is 0 Å². The minimum atomic E-state index is 0.0672. The van der Waals surface area contributed by atoms with Crippen LogP contribution in [0.5, 0.6) is 0 Å². The lowest BCUT2D eigenvalue weighted by Gasteiger charge is -2.11. The van der Waals surface area contributed by atoms with E-state index in [1.807, 2.05) is 19.9 Å². The van der Waals surface area contributed by atoms with E-state index in [2.05, 4.69) is 12.7 Å². The number of methoxy groups -OCH3 is 1. The number of hydrogen-bond donors (Lipinski definition) is 0. The summed E-state index contributed by atoms with van der Waals surface area (Å²) in [6.07, 6.45) is 7.46. The van der Waals surface area contributed by atoms with E-state index in [9.17, 15) is 4.79 Å². The molecule has 0 aromatic rings. The Balaban J connectivity index is 2.87. The van der Waals surface area contributed by atoms with E-state index >= 15 is 0 Å². The van der Waals surface area contributed by atoms with Crippen molar-refractivity contribution in [1.29, 1.82) is 0 Å². The summed E-state index contributed by atoms with van der Waals surface area (Å²) in [5.41, 5.74) is 2.73. The molecule has 0 saturated heterocycles. The third-order valence-electron chi connectivity index (χ3n) is 2.74. The summed E-state index contributed by atoms with van der Waals surface area (Å²) in [6.45, 7) is 7.52. The van der Waals surface area contributed by atoms with Crippen LogP contribution in [0.4, 0.5) is 0 Å². The van der Waals surface area contributed by atoms with Gasteiger partial charge in [0.25, 0.3) is 0 Å². The van der Waals surface area contributed by atoms with Crippen LogP contribution >= 0.6 is 0 Å². The highest BCUT2D eigenvalue weighted by Crippen LogP contribution is 2.21. The number of ketones is 1. The summed E-state index contributed by atoms with van der Waals surface area (Å²) < 4.78 is 4.98. The van der Waals surface area contributed by atoms with E-state index in [4.69, 9.17) is 4.74 Å². The second-order valence-electron chi connectivity index (χ2n) is 3.92. The van der Waals surface area contributed by atoms with Gasteiger partial charge in [-0.05, 0) is 43.9 Å². The van der Waals surface area contributed by atoms with Crippen LogP contribution in [0.25, 0.3) is 0 Å². The molecule has 0 N–H and O–H groups in total. The summed E-state index contributed by atoms with van der Waals surface area (Å²) in [4.78, 5) is 12.0. The van der Waals surface area contributed by atoms with Crippen molar-refractivity contribution in [2.45, 2.75) is 26.7 Å². The van der Waals surface area contributed by atoms with Crippen LogP contribution in [0.15, 0.2) is 47.3 Å². The maximum Gasteiger partial charge on any atom is 0.182 e. The molecule has 0 aromatic carbocycles. The molecule has 86 valence electrons. The largest absolute Gasteiger partial charge is 0.497 e. The first-order valence-electron chi connectivity index (χ1n) is 5.38. The fourth-order valence-electron chi connectivity index (χ4n) is 1.63. The Morgan fingerprint density at radius 1 is 1.56 bits per heavy atom. The van der Waals surface area contributed by atoms with Crippen molar-refractivity contribution in [3.63, 3.8) is 0 Å². The molecule has 1 rings (SSSR count). The molecule has 0 fully saturated rings. The van der Waals surface area contributed by atoms with Gasteiger partial charge in [-0.15, -0.1) is 0 Å². The molecule has 0 radical (unpaired) electrons. The highest BCUT2D eigenvalue weighted by molar-refractivity contribution is 6.05. The molecule has 0 heterocycles. The number of rotatable bonds is 4. The summed E-state index contributed by atoms with van der Waals surface area (Å²) in [6, 6.07) is 0. The first-order chi connectivity index (χ1) is 7.56. The average molecular weight is 218 g/mol. The standard InChI is InChI=1S/C14H18O2/c1-10-7-5-6-8-13(10)14(15)9-11(2)12(3)16-4/h5,7,9H,3,6,8H2,1-2,4H3. The normalized spacial score (nSPS) is 16.3. The molecular formula is C14H18O2. The Morgan fingerprint density at radius 3 is 2.81 bits per heavy atom. The Morgan fingerprint density at radius 2 is 2.25 bits per heavy atom. The van der Waals surface area contributed by atoms with Crippen LogP contribution in [-0.2, 0) is 9.53 Å². The number of allylic oxidation sites excluding steroid dienone is 6. The molecular weight excluding hydrogens is 200 g/mol. The molecule has 16 heavy (non-hydrogen) atoms. The van der Waals surface area contributed by atoms with Gasteiger partial charge in [-0.2, -0.15) is 0 Å². The minimum absolute atomic E-state index is 0.0672. The molecule has 0 bridgehead atoms. The van der Waals surface area contributed by atoms with Crippen LogP contribution in [0.3, 0.4) is 0 Å². The van der Waals surface area contributed by atoms with Gasteiger partial charge in [0.05, 0.1) is 7.11 Å². The van der Waals surface area contributed by atoms with E-state index in [0.717, 1.165) is 29.6 Å². The van der Waals surface area contributed by atoms with Gasteiger partial charge in [-0.1, -0.05) is 18.7 Å². The fraction of sp³-hybridized carbons (Fsp3) is 0.357. The lowest BCUT2D eigenvalue weighted by molar-refractivity contribution is -0.111. The zero-order chi connectivity index (χ0) is 12.1. The Kier molecular flexibility index (Phi) is 4.29. The Labute approximate surface area is 97.0 Å². The monoisotopic (exact) mass is 218 g/mol. The molecule has 0 aromatic heterocycles. The van der Waals surface area contributed by atoms with Crippen LogP contribution < -0.4 is 0 Å². The maximum absolute atomic E-state index is 12.0. The topological polar surface area (TPSA) is 26.3 Å². The molecule has 0 unspecified atom stereocenters. The van der Waals surface area contributed by atoms with Gasteiger partial charge in [0, 0.05) is 5.57 Å². The van der Waals surface area contributed by atoms with Crippen molar-refractivity contribution < 1.29 is 9.53 Å². The van der Waals surface area contributed by atoms with Crippen molar-refractivity contribution in [1.82, 2.24) is 0 Å². The minimum Gasteiger partial charge on any atom is -0.497 e. The molecule has 0 saturated carbocycles. The highest BCUT2D eigenvalue weighted by Gasteiger charge is 2.12. The quantitative estimate of drug-likeness (QED) is 0.411. The van der Waals surface area contributed by atoms with Crippen LogP contribution in [0.1, 0.15) is 26.7 Å². The smallest absolute Gasteiger partial charge is 0.182 e. The van der Waals surface area contributed by atoms with Gasteiger partial charge in [-0.25, -0.2) is 0 Å². The second-order valence-corrected chi connectivity index (χ2v) is 3.92. The van der Waals surface area contributed by atoms with Crippen LogP contribution in [-0.4, -0.2) is 12.9 Å². The lowest BCUT2D eigenvalue weighted by atomic mass is 9.94. The Bertz CT molecular complexity index is 395. The van der Waals surface area contributed by atoms with E-state index in [1.54, 1.807) is 13.2 Å². The number of hydrogen-bond acceptors (Lipinski definition) is 2. The van der Waals surface area contributed by atoms with Gasteiger partial charge in [0.15, 0.2) is 5.78 Å². The first-order valence-corrected chi connectivity index (χ1v) is 5.38. The molecule has 0 amide bonds. The molecule has 1 aliphatic rings. The second kappa shape index (κ2) is 5.50. The lowest BCUT2D eigenvalue weighted by Crippen LogP contribution is -2.05. The van der Waals surface area contributed by atoms with E-state index in [1.165, 1.54) is 0 Å². The van der Waals surface area contributed by atoms with E-state index in [0.29, 0.717) is 5.76 Å². The van der Waals surface area contributed by atoms with Crippen molar-refractivity contribution in [2.75, 3.05) is 7.11 Å². The first kappa shape index (κ1) is 12.5. The molecule has 2 heteroatoms. The highest BCUT2D eigenvalue weighted by atomic mass is 16.5. The third-order valence-corrected chi connectivity index (χ3v) is 2.74. The molecule has 0 aliphatic heterocycles. The number of ether oxygens (including phenoxy) is 1. The van der Waals surface area contributed by atoms with E-state index < -0.39 is 0 Å². The van der Waals surface area contributed by atoms with Crippen molar-refractivity contribution in [2.24, 2.45) is 0 Å². The van der Waals surface area contributed by atoms with Crippen molar-refractivity contribution in [3.8, 4) is 0 Å². The van der Waals surface area contributed by atoms with Gasteiger partial charge in [0.1, 0.15) is 5.76 Å². The maximum atomic E-state index is 12.0. The average Bonchev–Trinajstić information content (AvgIpc) is 2.28. The van der Waals surface area contributed by atoms with Gasteiger partial charge < -0.3 is 4.74 Å². The predicted molar refractivity (Wildman–Crippen MR) is 66.0 cm³/mol. The zero-order valence-corrected chi connectivity index (χ0v) is 10.2. The molecule has 0 atom stereocenters. The fourth-order valence-corrected chi connectivity index (χ4v) is 1.63. The van der Waals surface area contributed by atoms with Gasteiger partial charge in [-0.3, -0.25) is 4.79 Å². The summed E-state index contributed by atoms with van der Waals surface area (Å²) in [5, 5.41) is 0. The van der Waals surface area contributed by atoms with Gasteiger partial charge >= 0.3 is 0 Å². The SMILES string of the molecule is C=C(OC)C(C)=CC(=O)C1=C(C)C=CCC1. The van der Waals surface area contributed by atoms with Crippen LogP contribution in [0, 0.1) is 0 Å². The van der Waals surface area contributed by atoms with Gasteiger partial charge in [0.2, 0.25) is 0 Å². The molecule has 0 spiro atoms. The predicted octanol–water partition coefficient (Wildman–Crippen LogP) is 3.33. The molecule has 2 nitrogen and oxygen atoms in total.